The number of nitrogens with zero attached hydrogens (tertiary/aromatic N) is 4. The van der Waals surface area contributed by atoms with Gasteiger partial charge in [0.05, 0.1) is 17.6 Å². The Bertz CT molecular complexity index is 1570. The third-order valence-corrected chi connectivity index (χ3v) is 7.00. The van der Waals surface area contributed by atoms with Gasteiger partial charge < -0.3 is 29.2 Å². The number of pyridine rings is 2. The molecule has 0 spiro atoms. The maximum atomic E-state index is 13.4. The first-order chi connectivity index (χ1) is 18.4. The van der Waals surface area contributed by atoms with E-state index in [0.29, 0.717) is 53.9 Å². The predicted octanol–water partition coefficient (Wildman–Crippen LogP) is 4.54. The van der Waals surface area contributed by atoms with Gasteiger partial charge in [0.2, 0.25) is 11.9 Å². The molecular formula is C28H30N6O4. The van der Waals surface area contributed by atoms with Crippen LogP contribution in [0.3, 0.4) is 0 Å². The Labute approximate surface area is 219 Å². The summed E-state index contributed by atoms with van der Waals surface area (Å²) in [4.78, 5) is 33.6. The van der Waals surface area contributed by atoms with Gasteiger partial charge in [0.25, 0.3) is 5.56 Å². The quantitative estimate of drug-likeness (QED) is 0.355. The number of benzene rings is 1. The summed E-state index contributed by atoms with van der Waals surface area (Å²) in [5.41, 5.74) is 3.30. The maximum absolute atomic E-state index is 13.4. The van der Waals surface area contributed by atoms with Crippen LogP contribution in [-0.4, -0.2) is 38.2 Å². The van der Waals surface area contributed by atoms with Gasteiger partial charge in [0.15, 0.2) is 0 Å². The fraction of sp³-hybridized carbons (Fsp3) is 0.357. The van der Waals surface area contributed by atoms with Gasteiger partial charge in [0.1, 0.15) is 23.0 Å². The average Bonchev–Trinajstić information content (AvgIpc) is 3.53. The molecule has 1 saturated carbocycles. The van der Waals surface area contributed by atoms with E-state index in [4.69, 9.17) is 14.5 Å². The molecule has 3 aromatic heterocycles. The van der Waals surface area contributed by atoms with Crippen LogP contribution in [0.25, 0.3) is 11.0 Å². The van der Waals surface area contributed by atoms with Crippen LogP contribution in [0.2, 0.25) is 0 Å². The monoisotopic (exact) mass is 514 g/mol. The van der Waals surface area contributed by atoms with E-state index in [0.717, 1.165) is 36.9 Å². The van der Waals surface area contributed by atoms with E-state index in [-0.39, 0.29) is 11.5 Å². The van der Waals surface area contributed by atoms with Crippen molar-refractivity contribution < 1.29 is 14.3 Å². The Kier molecular flexibility index (Phi) is 6.32. The Morgan fingerprint density at radius 2 is 2.00 bits per heavy atom. The molecule has 1 saturated heterocycles. The summed E-state index contributed by atoms with van der Waals surface area (Å²) in [6.07, 6.45) is 6.89. The minimum atomic E-state index is -0.201. The van der Waals surface area contributed by atoms with Crippen LogP contribution < -0.4 is 20.9 Å². The number of fused-ring (bicyclic) bond motifs is 1. The second-order valence-corrected chi connectivity index (χ2v) is 10.1. The zero-order valence-corrected chi connectivity index (χ0v) is 21.4. The summed E-state index contributed by atoms with van der Waals surface area (Å²) >= 11 is 0. The number of ether oxygens (including phenoxy) is 2. The van der Waals surface area contributed by atoms with Crippen LogP contribution in [0.5, 0.6) is 11.5 Å². The fourth-order valence-corrected chi connectivity index (χ4v) is 4.85. The molecule has 1 atom stereocenters. The predicted molar refractivity (Wildman–Crippen MR) is 144 cm³/mol. The molecule has 6 rings (SSSR count). The standard InChI is InChI=1S/C28H30N6O4/c1-17(35)30-26-13-22(7-9-29-26)38-21-5-6-23-25(12-21)33(2)28(31-23)32-24-11-20(19-3-4-19)15-34(27(24)36)14-18-8-10-37-16-18/h5-7,9,11-13,15,18-19H,3-4,8,10,14,16H2,1-2H3,(H,31,32)(H,29,30,35). The maximum Gasteiger partial charge on any atom is 0.274 e. The van der Waals surface area contributed by atoms with Gasteiger partial charge in [-0.1, -0.05) is 0 Å². The summed E-state index contributed by atoms with van der Waals surface area (Å²) in [5.74, 6) is 2.84. The largest absolute Gasteiger partial charge is 0.457 e. The number of hydrogen-bond acceptors (Lipinski definition) is 7. The summed E-state index contributed by atoms with van der Waals surface area (Å²) in [5, 5.41) is 5.96. The number of anilines is 3. The topological polar surface area (TPSA) is 112 Å². The number of carbonyl (C=O) groups excluding carboxylic acids is 1. The smallest absolute Gasteiger partial charge is 0.274 e. The van der Waals surface area contributed by atoms with Gasteiger partial charge in [-0.3, -0.25) is 9.59 Å². The van der Waals surface area contributed by atoms with Gasteiger partial charge in [0, 0.05) is 57.6 Å². The van der Waals surface area contributed by atoms with Crippen LogP contribution in [0.1, 0.15) is 37.7 Å². The Hall–Kier alpha value is -4.18. The minimum absolute atomic E-state index is 0.0509. The summed E-state index contributed by atoms with van der Waals surface area (Å²) in [6, 6.07) is 11.0. The van der Waals surface area contributed by atoms with Gasteiger partial charge in [-0.15, -0.1) is 0 Å². The third kappa shape index (κ3) is 5.12. The van der Waals surface area contributed by atoms with Crippen molar-refractivity contribution in [3.63, 3.8) is 0 Å². The molecule has 1 aliphatic carbocycles. The number of carbonyl (C=O) groups is 1. The molecule has 1 amide bonds. The highest BCUT2D eigenvalue weighted by atomic mass is 16.5. The molecule has 10 heteroatoms. The first kappa shape index (κ1) is 24.2. The minimum Gasteiger partial charge on any atom is -0.457 e. The molecular weight excluding hydrogens is 484 g/mol. The number of hydrogen-bond donors (Lipinski definition) is 2. The third-order valence-electron chi connectivity index (χ3n) is 7.00. The van der Waals surface area contributed by atoms with Crippen LogP contribution in [0, 0.1) is 5.92 Å². The van der Waals surface area contributed by atoms with E-state index >= 15 is 0 Å². The van der Waals surface area contributed by atoms with Crippen LogP contribution in [0.15, 0.2) is 53.6 Å². The molecule has 0 bridgehead atoms. The van der Waals surface area contributed by atoms with Gasteiger partial charge >= 0.3 is 0 Å². The number of aromatic nitrogens is 4. The number of aryl methyl sites for hydroxylation is 1. The summed E-state index contributed by atoms with van der Waals surface area (Å²) in [6.45, 7) is 3.55. The lowest BCUT2D eigenvalue weighted by Crippen LogP contribution is -2.26. The van der Waals surface area contributed by atoms with Crippen LogP contribution in [0.4, 0.5) is 17.5 Å². The van der Waals surface area contributed by atoms with E-state index in [1.165, 1.54) is 12.5 Å². The van der Waals surface area contributed by atoms with Crippen molar-refractivity contribution in [2.45, 2.75) is 38.6 Å². The van der Waals surface area contributed by atoms with Crippen molar-refractivity contribution >= 4 is 34.4 Å². The first-order valence-corrected chi connectivity index (χ1v) is 12.9. The molecule has 2 aliphatic rings. The highest BCUT2D eigenvalue weighted by Crippen LogP contribution is 2.40. The highest BCUT2D eigenvalue weighted by Gasteiger charge is 2.26. The van der Waals surface area contributed by atoms with Crippen molar-refractivity contribution in [3.8, 4) is 11.5 Å². The molecule has 0 radical (unpaired) electrons. The Balaban J connectivity index is 1.27. The van der Waals surface area contributed by atoms with Crippen molar-refractivity contribution in [2.24, 2.45) is 13.0 Å². The fourth-order valence-electron chi connectivity index (χ4n) is 4.85. The molecule has 1 aromatic carbocycles. The van der Waals surface area contributed by atoms with Crippen molar-refractivity contribution in [2.75, 3.05) is 23.8 Å². The number of imidazole rings is 1. The molecule has 4 heterocycles. The zero-order chi connectivity index (χ0) is 26.2. The molecule has 38 heavy (non-hydrogen) atoms. The normalized spacial score (nSPS) is 17.1. The number of nitrogens with one attached hydrogen (secondary N) is 2. The van der Waals surface area contributed by atoms with Crippen LogP contribution >= 0.6 is 0 Å². The second kappa shape index (κ2) is 9.94. The summed E-state index contributed by atoms with van der Waals surface area (Å²) < 4.78 is 15.3. The molecule has 1 aliphatic heterocycles. The lowest BCUT2D eigenvalue weighted by Gasteiger charge is -2.15. The molecule has 196 valence electrons. The van der Waals surface area contributed by atoms with Crippen molar-refractivity contribution in [3.05, 3.63) is 64.7 Å². The Morgan fingerprint density at radius 1 is 1.16 bits per heavy atom. The van der Waals surface area contributed by atoms with E-state index in [2.05, 4.69) is 15.6 Å². The molecule has 10 nitrogen and oxygen atoms in total. The van der Waals surface area contributed by atoms with Crippen LogP contribution in [-0.2, 0) is 23.1 Å². The lowest BCUT2D eigenvalue weighted by atomic mass is 10.1. The molecule has 1 unspecified atom stereocenters. The second-order valence-electron chi connectivity index (χ2n) is 10.1. The highest BCUT2D eigenvalue weighted by molar-refractivity contribution is 5.87. The van der Waals surface area contributed by atoms with E-state index in [1.54, 1.807) is 18.3 Å². The Morgan fingerprint density at radius 3 is 2.76 bits per heavy atom. The first-order valence-electron chi connectivity index (χ1n) is 12.9. The summed E-state index contributed by atoms with van der Waals surface area (Å²) in [7, 11) is 1.90. The van der Waals surface area contributed by atoms with Gasteiger partial charge in [-0.2, -0.15) is 0 Å². The van der Waals surface area contributed by atoms with Gasteiger partial charge in [-0.05, 0) is 55.0 Å². The SMILES string of the molecule is CC(=O)Nc1cc(Oc2ccc3nc(Nc4cc(C5CC5)cn(CC5CCOC5)c4=O)n(C)c3c2)ccn1. The van der Waals surface area contributed by atoms with E-state index < -0.39 is 0 Å². The lowest BCUT2D eigenvalue weighted by molar-refractivity contribution is -0.114. The molecule has 2 fully saturated rings. The van der Waals surface area contributed by atoms with E-state index in [1.807, 2.05) is 46.6 Å². The number of amides is 1. The van der Waals surface area contributed by atoms with Crippen molar-refractivity contribution in [1.82, 2.24) is 19.1 Å². The zero-order valence-electron chi connectivity index (χ0n) is 21.4. The van der Waals surface area contributed by atoms with Gasteiger partial charge in [-0.25, -0.2) is 9.97 Å². The molecule has 4 aromatic rings. The number of rotatable bonds is 8. The average molecular weight is 515 g/mol. The van der Waals surface area contributed by atoms with Crippen molar-refractivity contribution in [1.29, 1.82) is 0 Å². The molecule has 2 N–H and O–H groups in total. The van der Waals surface area contributed by atoms with E-state index in [9.17, 15) is 9.59 Å².